The molecule has 0 radical (unpaired) electrons. The number of amides is 4. The van der Waals surface area contributed by atoms with Gasteiger partial charge in [0, 0.05) is 0 Å². The highest BCUT2D eigenvalue weighted by atomic mass is 16.5. The SMILES string of the molecule is CC[C@@H](C)[C@@H](NC(=O)[C@@H](CC(=O)OCc1ccccc1)NC(=O)[C@H](N)CC(C)C)C(=O)N[C@@H](C)C(N)=O. The van der Waals surface area contributed by atoms with E-state index in [0.717, 1.165) is 5.56 Å². The van der Waals surface area contributed by atoms with Crippen molar-refractivity contribution < 1.29 is 28.7 Å². The fourth-order valence-corrected chi connectivity index (χ4v) is 3.40. The van der Waals surface area contributed by atoms with Gasteiger partial charge in [0.15, 0.2) is 0 Å². The molecule has 0 bridgehead atoms. The lowest BCUT2D eigenvalue weighted by Crippen LogP contribution is -2.59. The molecule has 1 aromatic rings. The fraction of sp³-hybridized carbons (Fsp3) is 0.577. The van der Waals surface area contributed by atoms with Crippen molar-refractivity contribution in [2.75, 3.05) is 0 Å². The molecule has 206 valence electrons. The Balaban J connectivity index is 3.04. The normalized spacial score (nSPS) is 15.0. The van der Waals surface area contributed by atoms with Gasteiger partial charge in [0.1, 0.15) is 24.7 Å². The summed E-state index contributed by atoms with van der Waals surface area (Å²) in [5.41, 5.74) is 12.0. The number of esters is 1. The lowest BCUT2D eigenvalue weighted by molar-refractivity contribution is -0.147. The van der Waals surface area contributed by atoms with Crippen molar-refractivity contribution in [1.29, 1.82) is 0 Å². The molecule has 4 amide bonds. The Labute approximate surface area is 218 Å². The van der Waals surface area contributed by atoms with Gasteiger partial charge in [-0.05, 0) is 30.7 Å². The van der Waals surface area contributed by atoms with Crippen LogP contribution in [-0.4, -0.2) is 53.8 Å². The highest BCUT2D eigenvalue weighted by Gasteiger charge is 2.33. The number of carbonyl (C=O) groups excluding carboxylic acids is 5. The summed E-state index contributed by atoms with van der Waals surface area (Å²) in [6.07, 6.45) is 0.436. The number of hydrogen-bond donors (Lipinski definition) is 5. The summed E-state index contributed by atoms with van der Waals surface area (Å²) in [6.45, 7) is 8.82. The maximum absolute atomic E-state index is 13.2. The molecule has 0 heterocycles. The van der Waals surface area contributed by atoms with Gasteiger partial charge in [0.05, 0.1) is 12.5 Å². The molecule has 0 fully saturated rings. The van der Waals surface area contributed by atoms with Crippen molar-refractivity contribution in [2.45, 2.75) is 84.7 Å². The van der Waals surface area contributed by atoms with Crippen molar-refractivity contribution >= 4 is 29.6 Å². The summed E-state index contributed by atoms with van der Waals surface area (Å²) < 4.78 is 5.28. The summed E-state index contributed by atoms with van der Waals surface area (Å²) in [4.78, 5) is 62.7. The number of nitrogens with one attached hydrogen (secondary N) is 3. The molecule has 0 saturated carbocycles. The van der Waals surface area contributed by atoms with Crippen molar-refractivity contribution in [3.8, 4) is 0 Å². The molecule has 1 rings (SSSR count). The van der Waals surface area contributed by atoms with Crippen molar-refractivity contribution in [3.05, 3.63) is 35.9 Å². The highest BCUT2D eigenvalue weighted by molar-refractivity contribution is 5.96. The van der Waals surface area contributed by atoms with Gasteiger partial charge in [-0.25, -0.2) is 0 Å². The second-order valence-corrected chi connectivity index (χ2v) is 9.65. The lowest BCUT2D eigenvalue weighted by Gasteiger charge is -2.27. The van der Waals surface area contributed by atoms with E-state index in [0.29, 0.717) is 12.8 Å². The second kappa shape index (κ2) is 15.6. The highest BCUT2D eigenvalue weighted by Crippen LogP contribution is 2.11. The van der Waals surface area contributed by atoms with E-state index in [-0.39, 0.29) is 18.4 Å². The maximum atomic E-state index is 13.2. The molecule has 1 aromatic carbocycles. The molecule has 11 nitrogen and oxygen atoms in total. The van der Waals surface area contributed by atoms with E-state index in [9.17, 15) is 24.0 Å². The van der Waals surface area contributed by atoms with Crippen molar-refractivity contribution in [3.63, 3.8) is 0 Å². The average molecular weight is 520 g/mol. The summed E-state index contributed by atoms with van der Waals surface area (Å²) in [5, 5.41) is 7.61. The van der Waals surface area contributed by atoms with Crippen LogP contribution in [0, 0.1) is 11.8 Å². The summed E-state index contributed by atoms with van der Waals surface area (Å²) in [5.74, 6) is -3.60. The standard InChI is InChI=1S/C26H41N5O6/c1-6-16(4)22(26(36)29-17(5)23(28)33)31-25(35)20(30-24(34)19(27)12-15(2)3)13-21(32)37-14-18-10-8-7-9-11-18/h7-11,15-17,19-20,22H,6,12-14,27H2,1-5H3,(H2,28,33)(H,29,36)(H,30,34)(H,31,35)/t16-,17+,19-,20-,22-/m1/s1. The minimum Gasteiger partial charge on any atom is -0.461 e. The predicted octanol–water partition coefficient (Wildman–Crippen LogP) is 0.499. The van der Waals surface area contributed by atoms with E-state index in [1.807, 2.05) is 26.8 Å². The van der Waals surface area contributed by atoms with Crippen LogP contribution in [-0.2, 0) is 35.3 Å². The Morgan fingerprint density at radius 3 is 2.05 bits per heavy atom. The van der Waals surface area contributed by atoms with Crippen LogP contribution in [0.3, 0.4) is 0 Å². The number of primary amides is 1. The van der Waals surface area contributed by atoms with Gasteiger partial charge in [-0.2, -0.15) is 0 Å². The molecule has 0 aliphatic heterocycles. The third-order valence-corrected chi connectivity index (χ3v) is 5.89. The molecule has 37 heavy (non-hydrogen) atoms. The fourth-order valence-electron chi connectivity index (χ4n) is 3.40. The van der Waals surface area contributed by atoms with Crippen LogP contribution in [0.15, 0.2) is 30.3 Å². The van der Waals surface area contributed by atoms with Gasteiger partial charge in [0.2, 0.25) is 23.6 Å². The van der Waals surface area contributed by atoms with Crippen LogP contribution in [0.5, 0.6) is 0 Å². The lowest BCUT2D eigenvalue weighted by atomic mass is 9.97. The monoisotopic (exact) mass is 519 g/mol. The van der Waals surface area contributed by atoms with Crippen molar-refractivity contribution in [1.82, 2.24) is 16.0 Å². The number of rotatable bonds is 15. The first-order chi connectivity index (χ1) is 17.3. The van der Waals surface area contributed by atoms with Gasteiger partial charge in [-0.1, -0.05) is 64.4 Å². The Hall–Kier alpha value is -3.47. The van der Waals surface area contributed by atoms with Gasteiger partial charge in [-0.15, -0.1) is 0 Å². The Morgan fingerprint density at radius 1 is 0.892 bits per heavy atom. The number of nitrogens with two attached hydrogens (primary N) is 2. The molecule has 0 aliphatic carbocycles. The summed E-state index contributed by atoms with van der Waals surface area (Å²) >= 11 is 0. The largest absolute Gasteiger partial charge is 0.461 e. The van der Waals surface area contributed by atoms with E-state index in [4.69, 9.17) is 16.2 Å². The van der Waals surface area contributed by atoms with E-state index in [1.54, 1.807) is 31.2 Å². The first-order valence-corrected chi connectivity index (χ1v) is 12.5. The number of ether oxygens (including phenoxy) is 1. The first kappa shape index (κ1) is 31.6. The molecule has 0 aliphatic rings. The van der Waals surface area contributed by atoms with Gasteiger partial charge < -0.3 is 32.2 Å². The molecule has 0 unspecified atom stereocenters. The van der Waals surface area contributed by atoms with E-state index >= 15 is 0 Å². The van der Waals surface area contributed by atoms with Crippen LogP contribution >= 0.6 is 0 Å². The molecule has 5 atom stereocenters. The zero-order valence-electron chi connectivity index (χ0n) is 22.3. The quantitative estimate of drug-likeness (QED) is 0.209. The summed E-state index contributed by atoms with van der Waals surface area (Å²) in [7, 11) is 0. The molecule has 0 aromatic heterocycles. The minimum atomic E-state index is -1.33. The molecular formula is C26H41N5O6. The Morgan fingerprint density at radius 2 is 1.51 bits per heavy atom. The van der Waals surface area contributed by atoms with Gasteiger partial charge in [0.25, 0.3) is 0 Å². The van der Waals surface area contributed by atoms with Gasteiger partial charge in [-0.3, -0.25) is 24.0 Å². The molecular weight excluding hydrogens is 478 g/mol. The number of carbonyl (C=O) groups is 5. The zero-order valence-corrected chi connectivity index (χ0v) is 22.3. The van der Waals surface area contributed by atoms with Crippen LogP contribution in [0.2, 0.25) is 0 Å². The smallest absolute Gasteiger partial charge is 0.308 e. The molecule has 7 N–H and O–H groups in total. The third-order valence-electron chi connectivity index (χ3n) is 5.89. The summed E-state index contributed by atoms with van der Waals surface area (Å²) in [6, 6.07) is 4.79. The van der Waals surface area contributed by atoms with Crippen LogP contribution < -0.4 is 27.4 Å². The molecule has 0 spiro atoms. The Bertz CT molecular complexity index is 923. The van der Waals surface area contributed by atoms with E-state index in [1.165, 1.54) is 6.92 Å². The molecule has 11 heteroatoms. The minimum absolute atomic E-state index is 0.00225. The topological polar surface area (TPSA) is 183 Å². The zero-order chi connectivity index (χ0) is 28.1. The molecule has 0 saturated heterocycles. The van der Waals surface area contributed by atoms with Crippen LogP contribution in [0.25, 0.3) is 0 Å². The van der Waals surface area contributed by atoms with Crippen LogP contribution in [0.4, 0.5) is 0 Å². The average Bonchev–Trinajstić information content (AvgIpc) is 2.84. The van der Waals surface area contributed by atoms with E-state index in [2.05, 4.69) is 16.0 Å². The Kier molecular flexibility index (Phi) is 13.3. The van der Waals surface area contributed by atoms with Gasteiger partial charge >= 0.3 is 5.97 Å². The van der Waals surface area contributed by atoms with E-state index < -0.39 is 60.2 Å². The predicted molar refractivity (Wildman–Crippen MR) is 138 cm³/mol. The number of benzene rings is 1. The third kappa shape index (κ3) is 11.4. The second-order valence-electron chi connectivity index (χ2n) is 9.65. The number of hydrogen-bond acceptors (Lipinski definition) is 7. The maximum Gasteiger partial charge on any atom is 0.308 e. The van der Waals surface area contributed by atoms with Crippen LogP contribution in [0.1, 0.15) is 59.4 Å². The van der Waals surface area contributed by atoms with Crippen molar-refractivity contribution in [2.24, 2.45) is 23.3 Å². The first-order valence-electron chi connectivity index (χ1n) is 12.5.